The monoisotopic (exact) mass is 937 g/mol. The zero-order valence-electron chi connectivity index (χ0n) is 29.1. The molecule has 0 aliphatic carbocycles. The maximum Gasteiger partial charge on any atom is 0 e. The quantitative estimate of drug-likeness (QED) is 0.127. The second-order valence-corrected chi connectivity index (χ2v) is 24.0. The standard InChI is InChI=1S/C30H16F2N3O.C14H16GeN.Ir/c31-22-12-7-13-23(32)27(22)25-17-16-20-19-10-6-11-21(28(19)36-30(20)34-25)29-33-24-14-4-5-15-26(24)35(29)18-8-2-1-3-9-18;1-15(2,3)13-9-10-14(16-11-13)12-7-5-4-6-8-12;/h1-10,12-17H;4-7,9-11H,1-3H3;/q2*-1;. The smallest absolute Gasteiger partial charge is 0 e. The average molecular weight is 936 g/mol. The molecule has 0 amide bonds. The molecule has 5 nitrogen and oxygen atoms in total. The van der Waals surface area contributed by atoms with Gasteiger partial charge in [-0.2, -0.15) is 0 Å². The van der Waals surface area contributed by atoms with Crippen molar-refractivity contribution in [3.05, 3.63) is 163 Å². The van der Waals surface area contributed by atoms with Crippen LogP contribution in [0.25, 0.3) is 72.7 Å². The molecule has 9 heteroatoms. The molecule has 0 saturated carbocycles. The molecule has 0 unspecified atom stereocenters. The van der Waals surface area contributed by atoms with Crippen LogP contribution in [0.2, 0.25) is 17.3 Å². The van der Waals surface area contributed by atoms with E-state index in [1.807, 2.05) is 97.2 Å². The molecule has 5 aromatic carbocycles. The van der Waals surface area contributed by atoms with Crippen molar-refractivity contribution >= 4 is 50.8 Å². The molecule has 53 heavy (non-hydrogen) atoms. The topological polar surface area (TPSA) is 56.7 Å². The summed E-state index contributed by atoms with van der Waals surface area (Å²) in [5.41, 5.74) is 6.32. The van der Waals surface area contributed by atoms with Crippen LogP contribution in [0.3, 0.4) is 0 Å². The van der Waals surface area contributed by atoms with Gasteiger partial charge in [-0.25, -0.2) is 13.8 Å². The molecular weight excluding hydrogens is 903 g/mol. The van der Waals surface area contributed by atoms with Gasteiger partial charge < -0.3 is 8.98 Å². The van der Waals surface area contributed by atoms with Gasteiger partial charge in [-0.05, 0) is 48.5 Å². The predicted molar refractivity (Wildman–Crippen MR) is 207 cm³/mol. The van der Waals surface area contributed by atoms with Crippen molar-refractivity contribution in [2.24, 2.45) is 0 Å². The number of fused-ring (bicyclic) bond motifs is 4. The Labute approximate surface area is 322 Å². The summed E-state index contributed by atoms with van der Waals surface area (Å²) < 4.78 is 38.6. The van der Waals surface area contributed by atoms with Crippen LogP contribution in [0.1, 0.15) is 0 Å². The van der Waals surface area contributed by atoms with E-state index in [0.717, 1.165) is 38.8 Å². The summed E-state index contributed by atoms with van der Waals surface area (Å²) in [6, 6.07) is 47.5. The van der Waals surface area contributed by atoms with Gasteiger partial charge in [0.25, 0.3) is 0 Å². The molecule has 9 aromatic rings. The Balaban J connectivity index is 0.000000216. The molecule has 0 aliphatic heterocycles. The first kappa shape index (κ1) is 36.1. The Bertz CT molecular complexity index is 2670. The van der Waals surface area contributed by atoms with Crippen molar-refractivity contribution in [2.45, 2.75) is 17.3 Å². The maximum absolute atomic E-state index is 14.4. The third kappa shape index (κ3) is 7.10. The van der Waals surface area contributed by atoms with Crippen LogP contribution in [-0.4, -0.2) is 32.8 Å². The van der Waals surface area contributed by atoms with Crippen LogP contribution >= 0.6 is 0 Å². The number of halogens is 2. The Hall–Kier alpha value is -5.28. The van der Waals surface area contributed by atoms with E-state index in [9.17, 15) is 8.78 Å². The van der Waals surface area contributed by atoms with E-state index in [2.05, 4.69) is 56.1 Å². The number of nitrogens with zero attached hydrogens (tertiary/aromatic N) is 4. The number of imidazole rings is 1. The van der Waals surface area contributed by atoms with Gasteiger partial charge in [0.15, 0.2) is 0 Å². The Morgan fingerprint density at radius 1 is 0.660 bits per heavy atom. The summed E-state index contributed by atoms with van der Waals surface area (Å²) in [6.45, 7) is 0. The van der Waals surface area contributed by atoms with Gasteiger partial charge in [-0.15, -0.1) is 18.2 Å². The molecule has 0 saturated heterocycles. The van der Waals surface area contributed by atoms with Gasteiger partial charge >= 0.3 is 99.8 Å². The number of aromatic nitrogens is 4. The van der Waals surface area contributed by atoms with Crippen molar-refractivity contribution in [3.63, 3.8) is 0 Å². The van der Waals surface area contributed by atoms with Gasteiger partial charge in [0.1, 0.15) is 11.6 Å². The third-order valence-electron chi connectivity index (χ3n) is 8.93. The minimum Gasteiger partial charge on any atom is 0 e. The first-order chi connectivity index (χ1) is 25.3. The molecule has 0 bridgehead atoms. The fraction of sp³-hybridized carbons (Fsp3) is 0.0682. The molecule has 0 fully saturated rings. The molecule has 4 heterocycles. The number of rotatable bonds is 5. The predicted octanol–water partition coefficient (Wildman–Crippen LogP) is 10.8. The zero-order chi connectivity index (χ0) is 35.8. The van der Waals surface area contributed by atoms with Crippen LogP contribution in [0.5, 0.6) is 0 Å². The van der Waals surface area contributed by atoms with Crippen LogP contribution in [-0.2, 0) is 20.1 Å². The fourth-order valence-electron chi connectivity index (χ4n) is 6.25. The van der Waals surface area contributed by atoms with E-state index in [1.54, 1.807) is 12.1 Å². The van der Waals surface area contributed by atoms with E-state index in [-0.39, 0.29) is 37.1 Å². The van der Waals surface area contributed by atoms with Crippen LogP contribution < -0.4 is 4.40 Å². The van der Waals surface area contributed by atoms with Crippen molar-refractivity contribution < 1.29 is 33.3 Å². The normalized spacial score (nSPS) is 11.3. The molecule has 0 spiro atoms. The van der Waals surface area contributed by atoms with Crippen molar-refractivity contribution in [1.29, 1.82) is 0 Å². The first-order valence-corrected chi connectivity index (χ1v) is 24.3. The van der Waals surface area contributed by atoms with Crippen molar-refractivity contribution in [3.8, 4) is 39.6 Å². The minimum atomic E-state index is -1.72. The average Bonchev–Trinajstić information content (AvgIpc) is 3.74. The van der Waals surface area contributed by atoms with Crippen LogP contribution in [0.4, 0.5) is 8.78 Å². The largest absolute Gasteiger partial charge is 0 e. The number of hydrogen-bond donors (Lipinski definition) is 0. The maximum atomic E-state index is 14.4. The van der Waals surface area contributed by atoms with Gasteiger partial charge in [0.05, 0.1) is 33.7 Å². The van der Waals surface area contributed by atoms with Crippen molar-refractivity contribution in [1.82, 2.24) is 19.5 Å². The van der Waals surface area contributed by atoms with Gasteiger partial charge in [0, 0.05) is 31.2 Å². The summed E-state index contributed by atoms with van der Waals surface area (Å²) in [5.74, 6) is 6.46. The van der Waals surface area contributed by atoms with Crippen molar-refractivity contribution in [2.75, 3.05) is 0 Å². The third-order valence-corrected chi connectivity index (χ3v) is 13.2. The number of benzene rings is 5. The number of hydrogen-bond acceptors (Lipinski definition) is 4. The van der Waals surface area contributed by atoms with E-state index < -0.39 is 24.9 Å². The molecule has 0 N–H and O–H groups in total. The summed E-state index contributed by atoms with van der Waals surface area (Å²) >= 11 is -1.72. The number of para-hydroxylation sites is 3. The summed E-state index contributed by atoms with van der Waals surface area (Å²) in [4.78, 5) is 13.9. The second-order valence-electron chi connectivity index (χ2n) is 13.4. The Kier molecular flexibility index (Phi) is 10.2. The minimum absolute atomic E-state index is 0. The molecule has 9 rings (SSSR count). The van der Waals surface area contributed by atoms with E-state index in [1.165, 1.54) is 22.6 Å². The van der Waals surface area contributed by atoms with E-state index in [0.29, 0.717) is 17.0 Å². The van der Waals surface area contributed by atoms with Gasteiger partial charge in [-0.3, -0.25) is 4.98 Å². The number of furan rings is 1. The Morgan fingerprint density at radius 2 is 1.40 bits per heavy atom. The number of pyridine rings is 2. The zero-order valence-corrected chi connectivity index (χ0v) is 33.6. The fourth-order valence-corrected chi connectivity index (χ4v) is 8.42. The first-order valence-electron chi connectivity index (χ1n) is 16.9. The molecule has 4 aromatic heterocycles. The SMILES string of the molecule is Fc1cccc(F)c1-c1ccc2c(n1)oc1c(-c3nc4ccccc4n3-c3ccccc3)[c-]ccc12.[CH3][Ge]([CH3])([CH3])[c]1ccc(-c2[c-]cccc2)nc1.[Ir]. The second kappa shape index (κ2) is 15.0. The molecule has 0 atom stereocenters. The molecule has 1 radical (unpaired) electrons. The van der Waals surface area contributed by atoms with E-state index in [4.69, 9.17) is 9.40 Å². The van der Waals surface area contributed by atoms with Crippen LogP contribution in [0.15, 0.2) is 144 Å². The molecular formula is C44H32F2GeIrN4O-2. The van der Waals surface area contributed by atoms with E-state index >= 15 is 0 Å². The summed E-state index contributed by atoms with van der Waals surface area (Å²) in [7, 11) is 0. The summed E-state index contributed by atoms with van der Waals surface area (Å²) in [5, 5.41) is 1.56. The molecule has 0 aliphatic rings. The van der Waals surface area contributed by atoms with Gasteiger partial charge in [-0.1, -0.05) is 47.3 Å². The van der Waals surface area contributed by atoms with Crippen LogP contribution in [0, 0.1) is 23.8 Å². The Morgan fingerprint density at radius 3 is 2.11 bits per heavy atom. The van der Waals surface area contributed by atoms with Gasteiger partial charge in [0.2, 0.25) is 5.71 Å². The molecule has 263 valence electrons. The summed E-state index contributed by atoms with van der Waals surface area (Å²) in [6.07, 6.45) is 2.04.